The second kappa shape index (κ2) is 9.65. The number of hydrogen-bond donors (Lipinski definition) is 0. The third kappa shape index (κ3) is 4.60. The van der Waals surface area contributed by atoms with Gasteiger partial charge in [0.15, 0.2) is 11.9 Å². The van der Waals surface area contributed by atoms with Gasteiger partial charge in [-0.2, -0.15) is 0 Å². The minimum atomic E-state index is -1.06. The van der Waals surface area contributed by atoms with Crippen LogP contribution in [-0.2, 0) is 19.0 Å². The molecule has 0 heterocycles. The van der Waals surface area contributed by atoms with Gasteiger partial charge in [0.1, 0.15) is 12.5 Å². The van der Waals surface area contributed by atoms with Gasteiger partial charge in [-0.1, -0.05) is 12.1 Å². The molecule has 0 fully saturated rings. The van der Waals surface area contributed by atoms with Crippen molar-refractivity contribution in [1.29, 1.82) is 0 Å². The van der Waals surface area contributed by atoms with Crippen molar-refractivity contribution in [1.82, 2.24) is 0 Å². The number of benzene rings is 2. The van der Waals surface area contributed by atoms with E-state index < -0.39 is 12.1 Å². The first-order valence-corrected chi connectivity index (χ1v) is 8.76. The average Bonchev–Trinajstić information content (AvgIpc) is 2.68. The molecule has 0 aliphatic heterocycles. The molecule has 0 saturated carbocycles. The quantitative estimate of drug-likeness (QED) is 0.255. The Balaban J connectivity index is 2.49. The van der Waals surface area contributed by atoms with Crippen LogP contribution in [0.1, 0.15) is 27.6 Å². The zero-order chi connectivity index (χ0) is 19.1. The van der Waals surface area contributed by atoms with Crippen LogP contribution in [0.3, 0.4) is 0 Å². The van der Waals surface area contributed by atoms with Gasteiger partial charge in [-0.3, -0.25) is 4.79 Å². The first-order chi connectivity index (χ1) is 12.5. The molecule has 0 aliphatic carbocycles. The van der Waals surface area contributed by atoms with E-state index in [1.807, 2.05) is 0 Å². The summed E-state index contributed by atoms with van der Waals surface area (Å²) in [6.07, 6.45) is -1.06. The molecule has 2 aromatic carbocycles. The molecular weight excluding hydrogens is 451 g/mol. The van der Waals surface area contributed by atoms with E-state index >= 15 is 0 Å². The van der Waals surface area contributed by atoms with Crippen LogP contribution in [-0.4, -0.2) is 39.9 Å². The molecule has 2 aromatic rings. The summed E-state index contributed by atoms with van der Waals surface area (Å²) < 4.78 is 21.1. The van der Waals surface area contributed by atoms with Crippen molar-refractivity contribution in [2.24, 2.45) is 0 Å². The molecule has 0 radical (unpaired) electrons. The third-order valence-corrected chi connectivity index (χ3v) is 4.62. The van der Waals surface area contributed by atoms with Crippen LogP contribution < -0.4 is 4.74 Å². The van der Waals surface area contributed by atoms with E-state index in [0.29, 0.717) is 26.0 Å². The summed E-state index contributed by atoms with van der Waals surface area (Å²) >= 11 is 2.07. The van der Waals surface area contributed by atoms with Crippen LogP contribution in [0.15, 0.2) is 42.5 Å². The van der Waals surface area contributed by atoms with Gasteiger partial charge in [0.05, 0.1) is 14.2 Å². The minimum Gasteiger partial charge on any atom is -0.497 e. The van der Waals surface area contributed by atoms with Gasteiger partial charge < -0.3 is 18.9 Å². The van der Waals surface area contributed by atoms with Crippen LogP contribution in [0.25, 0.3) is 0 Å². The number of carbonyl (C=O) groups is 2. The van der Waals surface area contributed by atoms with Gasteiger partial charge in [0.2, 0.25) is 0 Å². The predicted molar refractivity (Wildman–Crippen MR) is 103 cm³/mol. The predicted octanol–water partition coefficient (Wildman–Crippen LogP) is 3.37. The van der Waals surface area contributed by atoms with Gasteiger partial charge in [-0.25, -0.2) is 4.79 Å². The van der Waals surface area contributed by atoms with Crippen LogP contribution in [0.4, 0.5) is 0 Å². The smallest absolute Gasteiger partial charge is 0.339 e. The fourth-order valence-electron chi connectivity index (χ4n) is 2.41. The Kier molecular flexibility index (Phi) is 7.55. The lowest BCUT2D eigenvalue weighted by molar-refractivity contribution is -0.163. The monoisotopic (exact) mass is 470 g/mol. The van der Waals surface area contributed by atoms with Crippen molar-refractivity contribution in [3.05, 3.63) is 62.7 Å². The van der Waals surface area contributed by atoms with E-state index in [9.17, 15) is 9.59 Å². The van der Waals surface area contributed by atoms with Crippen molar-refractivity contribution in [2.75, 3.05) is 28.1 Å². The second-order valence-electron chi connectivity index (χ2n) is 5.24. The lowest BCUT2D eigenvalue weighted by Gasteiger charge is -2.20. The third-order valence-electron chi connectivity index (χ3n) is 3.68. The zero-order valence-corrected chi connectivity index (χ0v) is 16.8. The van der Waals surface area contributed by atoms with E-state index in [2.05, 4.69) is 22.6 Å². The topological polar surface area (TPSA) is 71.1 Å². The maximum Gasteiger partial charge on any atom is 0.339 e. The molecule has 1 atom stereocenters. The van der Waals surface area contributed by atoms with Crippen molar-refractivity contribution in [2.45, 2.75) is 6.10 Å². The highest BCUT2D eigenvalue weighted by atomic mass is 127. The highest BCUT2D eigenvalue weighted by molar-refractivity contribution is 14.1. The fourth-order valence-corrected chi connectivity index (χ4v) is 3.19. The van der Waals surface area contributed by atoms with E-state index in [4.69, 9.17) is 18.9 Å². The van der Waals surface area contributed by atoms with E-state index in [0.717, 1.165) is 0 Å². The number of halogens is 1. The highest BCUT2D eigenvalue weighted by Crippen LogP contribution is 2.30. The average molecular weight is 470 g/mol. The summed E-state index contributed by atoms with van der Waals surface area (Å²) in [5.74, 6) is -0.175. The Morgan fingerprint density at radius 1 is 1.04 bits per heavy atom. The maximum absolute atomic E-state index is 13.0. The molecule has 1 unspecified atom stereocenters. The Morgan fingerprint density at radius 2 is 1.73 bits per heavy atom. The molecule has 0 bridgehead atoms. The van der Waals surface area contributed by atoms with Gasteiger partial charge in [-0.05, 0) is 52.9 Å². The molecular formula is C19H19IO6. The summed E-state index contributed by atoms with van der Waals surface area (Å²) in [6.45, 7) is -0.110. The van der Waals surface area contributed by atoms with E-state index in [-0.39, 0.29) is 12.6 Å². The molecule has 0 N–H and O–H groups in total. The van der Waals surface area contributed by atoms with Gasteiger partial charge in [-0.15, -0.1) is 0 Å². The zero-order valence-electron chi connectivity index (χ0n) is 14.7. The first kappa shape index (κ1) is 20.3. The molecule has 2 rings (SSSR count). The number of methoxy groups -OCH3 is 3. The number of esters is 1. The van der Waals surface area contributed by atoms with E-state index in [1.165, 1.54) is 14.2 Å². The SMILES string of the molecule is COCOC(C(=O)OC)c1c(I)cccc1C(=O)c1ccc(OC)cc1. The van der Waals surface area contributed by atoms with Crippen molar-refractivity contribution in [3.63, 3.8) is 0 Å². The van der Waals surface area contributed by atoms with Crippen LogP contribution >= 0.6 is 22.6 Å². The summed E-state index contributed by atoms with van der Waals surface area (Å²) in [4.78, 5) is 25.3. The molecule has 0 saturated heterocycles. The lowest BCUT2D eigenvalue weighted by atomic mass is 9.95. The van der Waals surface area contributed by atoms with Crippen LogP contribution in [0, 0.1) is 3.57 Å². The standard InChI is InChI=1S/C19H19IO6/c1-23-11-26-18(19(22)25-3)16-14(5-4-6-15(16)20)17(21)12-7-9-13(24-2)10-8-12/h4-10,18H,11H2,1-3H3. The molecule has 0 aliphatic rings. The Hall–Kier alpha value is -1.97. The maximum atomic E-state index is 13.0. The normalized spacial score (nSPS) is 11.7. The van der Waals surface area contributed by atoms with Gasteiger partial charge in [0, 0.05) is 27.4 Å². The van der Waals surface area contributed by atoms with Gasteiger partial charge >= 0.3 is 5.97 Å². The summed E-state index contributed by atoms with van der Waals surface area (Å²) in [7, 11) is 4.28. The fraction of sp³-hybridized carbons (Fsp3) is 0.263. The Morgan fingerprint density at radius 3 is 2.31 bits per heavy atom. The lowest BCUT2D eigenvalue weighted by Crippen LogP contribution is -2.22. The number of carbonyl (C=O) groups excluding carboxylic acids is 2. The molecule has 7 heteroatoms. The molecule has 6 nitrogen and oxygen atoms in total. The largest absolute Gasteiger partial charge is 0.497 e. The molecule has 26 heavy (non-hydrogen) atoms. The number of ketones is 1. The second-order valence-corrected chi connectivity index (χ2v) is 6.40. The van der Waals surface area contributed by atoms with Gasteiger partial charge in [0.25, 0.3) is 0 Å². The van der Waals surface area contributed by atoms with Crippen molar-refractivity contribution >= 4 is 34.3 Å². The van der Waals surface area contributed by atoms with Crippen molar-refractivity contribution in [3.8, 4) is 5.75 Å². The number of hydrogen-bond acceptors (Lipinski definition) is 6. The Labute approximate surface area is 165 Å². The summed E-state index contributed by atoms with van der Waals surface area (Å²) in [5, 5.41) is 0. The van der Waals surface area contributed by atoms with Crippen molar-refractivity contribution < 1.29 is 28.5 Å². The summed E-state index contributed by atoms with van der Waals surface area (Å²) in [6, 6.07) is 12.0. The van der Waals surface area contributed by atoms with Crippen LogP contribution in [0.5, 0.6) is 5.75 Å². The molecule has 0 amide bonds. The van der Waals surface area contributed by atoms with Crippen LogP contribution in [0.2, 0.25) is 0 Å². The number of rotatable bonds is 8. The molecule has 0 spiro atoms. The Bertz CT molecular complexity index is 772. The first-order valence-electron chi connectivity index (χ1n) is 7.69. The minimum absolute atomic E-state index is 0.110. The molecule has 0 aromatic heterocycles. The van der Waals surface area contributed by atoms with E-state index in [1.54, 1.807) is 49.6 Å². The summed E-state index contributed by atoms with van der Waals surface area (Å²) in [5.41, 5.74) is 1.30. The molecule has 138 valence electrons. The number of ether oxygens (including phenoxy) is 4. The highest BCUT2D eigenvalue weighted by Gasteiger charge is 2.29.